The zero-order valence-electron chi connectivity index (χ0n) is 18.6. The number of hydrogen-bond acceptors (Lipinski definition) is 4. The molecule has 3 rings (SSSR count). The van der Waals surface area contributed by atoms with E-state index in [1.54, 1.807) is 42.5 Å². The Morgan fingerprint density at radius 1 is 0.818 bits per heavy atom. The molecule has 8 heteroatoms. The summed E-state index contributed by atoms with van der Waals surface area (Å²) in [5.74, 6) is -0.634. The number of anilines is 3. The van der Waals surface area contributed by atoms with Gasteiger partial charge in [-0.3, -0.25) is 14.3 Å². The summed E-state index contributed by atoms with van der Waals surface area (Å²) in [4.78, 5) is 23.7. The van der Waals surface area contributed by atoms with Crippen molar-refractivity contribution in [1.29, 1.82) is 0 Å². The molecule has 0 aliphatic carbocycles. The summed E-state index contributed by atoms with van der Waals surface area (Å²) in [6, 6.07) is 19.8. The van der Waals surface area contributed by atoms with Crippen LogP contribution in [-0.4, -0.2) is 20.2 Å². The van der Waals surface area contributed by atoms with Crippen LogP contribution in [0.1, 0.15) is 42.6 Å². The Kier molecular flexibility index (Phi) is 7.84. The van der Waals surface area contributed by atoms with Crippen LogP contribution in [0.4, 0.5) is 17.1 Å². The molecule has 3 aromatic carbocycles. The van der Waals surface area contributed by atoms with E-state index in [-0.39, 0.29) is 16.4 Å². The fraction of sp³-hybridized carbons (Fsp3) is 0.200. The maximum atomic E-state index is 12.8. The molecule has 7 nitrogen and oxygen atoms in total. The molecule has 0 aliphatic heterocycles. The third kappa shape index (κ3) is 6.92. The molecule has 0 atom stereocenters. The maximum Gasteiger partial charge on any atom is 0.261 e. The first-order valence-electron chi connectivity index (χ1n) is 10.7. The Morgan fingerprint density at radius 3 is 2.03 bits per heavy atom. The molecule has 3 aromatic rings. The van der Waals surface area contributed by atoms with Crippen LogP contribution in [0.15, 0.2) is 77.7 Å². The molecule has 33 heavy (non-hydrogen) atoms. The van der Waals surface area contributed by atoms with E-state index < -0.39 is 15.9 Å². The van der Waals surface area contributed by atoms with Crippen LogP contribution in [0.2, 0.25) is 0 Å². The van der Waals surface area contributed by atoms with Crippen LogP contribution in [0.5, 0.6) is 0 Å². The number of aryl methyl sites for hydroxylation is 1. The summed E-state index contributed by atoms with van der Waals surface area (Å²) in [6.45, 7) is 3.54. The number of sulfonamides is 1. The number of rotatable bonds is 9. The molecule has 0 spiro atoms. The van der Waals surface area contributed by atoms with Crippen molar-refractivity contribution < 1.29 is 18.0 Å². The van der Waals surface area contributed by atoms with Crippen molar-refractivity contribution in [1.82, 2.24) is 0 Å². The van der Waals surface area contributed by atoms with Gasteiger partial charge in [0.15, 0.2) is 0 Å². The number of carbonyl (C=O) groups excluding carboxylic acids is 2. The highest BCUT2D eigenvalue weighted by molar-refractivity contribution is 7.92. The van der Waals surface area contributed by atoms with E-state index in [0.29, 0.717) is 17.1 Å². The lowest BCUT2D eigenvalue weighted by atomic mass is 10.1. The second kappa shape index (κ2) is 10.8. The van der Waals surface area contributed by atoms with E-state index in [0.717, 1.165) is 24.8 Å². The minimum atomic E-state index is -3.86. The van der Waals surface area contributed by atoms with E-state index in [1.165, 1.54) is 25.1 Å². The highest BCUT2D eigenvalue weighted by atomic mass is 32.2. The molecule has 0 aromatic heterocycles. The highest BCUT2D eigenvalue weighted by Crippen LogP contribution is 2.20. The molecule has 0 heterocycles. The number of benzene rings is 3. The Labute approximate surface area is 194 Å². The number of amides is 2. The van der Waals surface area contributed by atoms with Crippen LogP contribution >= 0.6 is 0 Å². The molecule has 0 aliphatic rings. The molecule has 0 radical (unpaired) electrons. The fourth-order valence-electron chi connectivity index (χ4n) is 3.18. The van der Waals surface area contributed by atoms with Crippen molar-refractivity contribution in [3.63, 3.8) is 0 Å². The van der Waals surface area contributed by atoms with Gasteiger partial charge in [0, 0.05) is 29.5 Å². The molecule has 172 valence electrons. The minimum absolute atomic E-state index is 0.00813. The van der Waals surface area contributed by atoms with Gasteiger partial charge >= 0.3 is 0 Å². The molecule has 0 unspecified atom stereocenters. The average Bonchev–Trinajstić information content (AvgIpc) is 2.79. The predicted molar refractivity (Wildman–Crippen MR) is 131 cm³/mol. The Hall–Kier alpha value is -3.65. The van der Waals surface area contributed by atoms with Crippen LogP contribution in [-0.2, 0) is 21.2 Å². The summed E-state index contributed by atoms with van der Waals surface area (Å²) in [7, 11) is -3.86. The van der Waals surface area contributed by atoms with Gasteiger partial charge in [0.25, 0.3) is 15.9 Å². The van der Waals surface area contributed by atoms with Crippen LogP contribution < -0.4 is 15.4 Å². The largest absolute Gasteiger partial charge is 0.326 e. The van der Waals surface area contributed by atoms with Gasteiger partial charge in [-0.15, -0.1) is 0 Å². The molecule has 0 saturated carbocycles. The normalized spacial score (nSPS) is 11.0. The summed E-state index contributed by atoms with van der Waals surface area (Å²) in [5, 5.41) is 5.37. The van der Waals surface area contributed by atoms with E-state index in [1.807, 2.05) is 12.1 Å². The lowest BCUT2D eigenvalue weighted by molar-refractivity contribution is -0.114. The van der Waals surface area contributed by atoms with E-state index >= 15 is 0 Å². The van der Waals surface area contributed by atoms with Gasteiger partial charge in [0.1, 0.15) is 0 Å². The lowest BCUT2D eigenvalue weighted by Gasteiger charge is -2.11. The zero-order chi connectivity index (χ0) is 23.8. The van der Waals surface area contributed by atoms with Crippen molar-refractivity contribution in [3.05, 3.63) is 83.9 Å². The van der Waals surface area contributed by atoms with Crippen molar-refractivity contribution in [2.45, 2.75) is 38.0 Å². The monoisotopic (exact) mass is 465 g/mol. The summed E-state index contributed by atoms with van der Waals surface area (Å²) < 4.78 is 28.2. The average molecular weight is 466 g/mol. The summed E-state index contributed by atoms with van der Waals surface area (Å²) in [5.41, 5.74) is 2.95. The van der Waals surface area contributed by atoms with Crippen molar-refractivity contribution in [2.75, 3.05) is 15.4 Å². The van der Waals surface area contributed by atoms with E-state index in [4.69, 9.17) is 0 Å². The topological polar surface area (TPSA) is 104 Å². The van der Waals surface area contributed by atoms with Crippen molar-refractivity contribution >= 4 is 38.9 Å². The predicted octanol–water partition coefficient (Wildman–Crippen LogP) is 5.04. The fourth-order valence-corrected chi connectivity index (χ4v) is 4.29. The van der Waals surface area contributed by atoms with Crippen molar-refractivity contribution in [3.8, 4) is 0 Å². The molecule has 0 bridgehead atoms. The second-order valence-electron chi connectivity index (χ2n) is 7.65. The Balaban J connectivity index is 1.69. The Bertz CT molecular complexity index is 1220. The van der Waals surface area contributed by atoms with Crippen LogP contribution in [0, 0.1) is 0 Å². The summed E-state index contributed by atoms with van der Waals surface area (Å²) in [6.07, 6.45) is 3.14. The number of nitrogens with one attached hydrogen (secondary N) is 3. The third-order valence-electron chi connectivity index (χ3n) is 4.89. The smallest absolute Gasteiger partial charge is 0.261 e. The number of carbonyl (C=O) groups is 2. The molecule has 0 saturated heterocycles. The van der Waals surface area contributed by atoms with Crippen LogP contribution in [0.3, 0.4) is 0 Å². The van der Waals surface area contributed by atoms with Gasteiger partial charge in [-0.2, -0.15) is 0 Å². The van der Waals surface area contributed by atoms with Gasteiger partial charge in [-0.05, 0) is 73.0 Å². The SMILES string of the molecule is CCCCc1ccc(NS(=O)(=O)c2cccc(C(=O)Nc3ccc(NC(C)=O)cc3)c2)cc1. The van der Waals surface area contributed by atoms with Crippen molar-refractivity contribution in [2.24, 2.45) is 0 Å². The van der Waals surface area contributed by atoms with Gasteiger partial charge in [0.05, 0.1) is 4.90 Å². The molecular formula is C25H27N3O4S. The zero-order valence-corrected chi connectivity index (χ0v) is 19.4. The lowest BCUT2D eigenvalue weighted by Crippen LogP contribution is -2.16. The number of unbranched alkanes of at least 4 members (excludes halogenated alkanes) is 1. The molecule has 3 N–H and O–H groups in total. The van der Waals surface area contributed by atoms with Gasteiger partial charge in [0.2, 0.25) is 5.91 Å². The number of hydrogen-bond donors (Lipinski definition) is 3. The molecular weight excluding hydrogens is 438 g/mol. The second-order valence-corrected chi connectivity index (χ2v) is 9.33. The first kappa shape index (κ1) is 24.0. The first-order chi connectivity index (χ1) is 15.8. The Morgan fingerprint density at radius 2 is 1.42 bits per heavy atom. The quantitative estimate of drug-likeness (QED) is 0.412. The van der Waals surface area contributed by atoms with Gasteiger partial charge < -0.3 is 10.6 Å². The summed E-state index contributed by atoms with van der Waals surface area (Å²) >= 11 is 0. The minimum Gasteiger partial charge on any atom is -0.326 e. The van der Waals surface area contributed by atoms with Gasteiger partial charge in [-0.1, -0.05) is 31.5 Å². The molecule has 0 fully saturated rings. The standard InChI is InChI=1S/C25H27N3O4S/c1-3-4-6-19-9-11-23(12-10-19)28-33(31,32)24-8-5-7-20(17-24)25(30)27-22-15-13-21(14-16-22)26-18(2)29/h5,7-17,28H,3-4,6H2,1-2H3,(H,26,29)(H,27,30). The third-order valence-corrected chi connectivity index (χ3v) is 6.27. The van der Waals surface area contributed by atoms with E-state index in [9.17, 15) is 18.0 Å². The van der Waals surface area contributed by atoms with E-state index in [2.05, 4.69) is 22.3 Å². The maximum absolute atomic E-state index is 12.8. The highest BCUT2D eigenvalue weighted by Gasteiger charge is 2.17. The van der Waals surface area contributed by atoms with Gasteiger partial charge in [-0.25, -0.2) is 8.42 Å². The van der Waals surface area contributed by atoms with Crippen LogP contribution in [0.25, 0.3) is 0 Å². The first-order valence-corrected chi connectivity index (χ1v) is 12.2. The molecule has 2 amide bonds.